The van der Waals surface area contributed by atoms with Gasteiger partial charge >= 0.3 is 0 Å². The molecule has 0 unspecified atom stereocenters. The van der Waals surface area contributed by atoms with Crippen LogP contribution >= 0.6 is 0 Å². The molecule has 6 rings (SSSR count). The predicted octanol–water partition coefficient (Wildman–Crippen LogP) is -0.663. The van der Waals surface area contributed by atoms with E-state index in [2.05, 4.69) is 48.3 Å². The average Bonchev–Trinajstić information content (AvgIpc) is 3.00. The zero-order valence-corrected chi connectivity index (χ0v) is 24.0. The molecule has 3 aromatic heterocycles. The molecule has 2 aliphatic heterocycles. The zero-order valence-electron chi connectivity index (χ0n) is 24.0. The average molecular weight is 564 g/mol. The molecular weight excluding hydrogens is 534 g/mol. The van der Waals surface area contributed by atoms with E-state index in [1.165, 1.54) is 14.1 Å². The standard InChI is InChI=1S/C16H17N5O.C13H12N6O/c1-5-21-15-13(16(22)20(4)11(3)17-15)18-14(19-21)12-9-7-6-8-10(12)2;1-8-15-12-10(13(20)18(8)2)16-11(17-19(12)3)9-4-6-14-7-5-9/h6-9H,3,5H2,1-2,4H3;4-7H,1H2,2-3H3. The van der Waals surface area contributed by atoms with Gasteiger partial charge in [0.2, 0.25) is 0 Å². The van der Waals surface area contributed by atoms with E-state index >= 15 is 0 Å². The first-order valence-corrected chi connectivity index (χ1v) is 13.0. The number of fused-ring (bicyclic) bond motifs is 2. The summed E-state index contributed by atoms with van der Waals surface area (Å²) < 4.78 is 2.77. The third-order valence-corrected chi connectivity index (χ3v) is 6.75. The smallest absolute Gasteiger partial charge is 0.281 e. The molecule has 13 nitrogen and oxygen atoms in total. The number of nitrogens with zero attached hydrogens (tertiary/aromatic N) is 11. The second-order valence-corrected chi connectivity index (χ2v) is 9.49. The van der Waals surface area contributed by atoms with Gasteiger partial charge in [-0.25, -0.2) is 30.0 Å². The van der Waals surface area contributed by atoms with E-state index in [4.69, 9.17) is 0 Å². The van der Waals surface area contributed by atoms with Crippen LogP contribution in [0.25, 0.3) is 13.2 Å². The van der Waals surface area contributed by atoms with Crippen molar-refractivity contribution in [1.82, 2.24) is 24.1 Å². The number of amidine groups is 2. The van der Waals surface area contributed by atoms with Gasteiger partial charge in [0.15, 0.2) is 34.0 Å². The van der Waals surface area contributed by atoms with Gasteiger partial charge in [0, 0.05) is 51.2 Å². The number of hydrogen-bond acceptors (Lipinski definition) is 11. The topological polar surface area (TPSA) is 139 Å². The molecule has 212 valence electrons. The molecule has 0 saturated heterocycles. The number of benzene rings is 1. The summed E-state index contributed by atoms with van der Waals surface area (Å²) in [6, 6.07) is 11.4. The second-order valence-electron chi connectivity index (χ2n) is 9.49. The highest BCUT2D eigenvalue weighted by Gasteiger charge is 2.20. The summed E-state index contributed by atoms with van der Waals surface area (Å²) in [5.41, 5.74) is 3.07. The Labute approximate surface area is 240 Å². The van der Waals surface area contributed by atoms with Crippen LogP contribution in [-0.2, 0) is 14.1 Å². The van der Waals surface area contributed by atoms with Crippen molar-refractivity contribution in [2.24, 2.45) is 34.3 Å². The van der Waals surface area contributed by atoms with Gasteiger partial charge in [0.05, 0.1) is 0 Å². The highest BCUT2D eigenvalue weighted by Crippen LogP contribution is 2.14. The first-order valence-electron chi connectivity index (χ1n) is 13.0. The molecule has 0 spiro atoms. The molecule has 1 aromatic carbocycles. The fourth-order valence-electron chi connectivity index (χ4n) is 4.23. The minimum Gasteiger partial charge on any atom is -0.295 e. The summed E-state index contributed by atoms with van der Waals surface area (Å²) >= 11 is 0. The van der Waals surface area contributed by atoms with Crippen LogP contribution in [0.3, 0.4) is 0 Å². The van der Waals surface area contributed by atoms with E-state index < -0.39 is 0 Å². The van der Waals surface area contributed by atoms with Crippen molar-refractivity contribution in [2.45, 2.75) is 13.8 Å². The van der Waals surface area contributed by atoms with Crippen LogP contribution < -0.4 is 42.8 Å². The lowest BCUT2D eigenvalue weighted by molar-refractivity contribution is 0.738. The maximum absolute atomic E-state index is 12.5. The first kappa shape index (κ1) is 28.0. The van der Waals surface area contributed by atoms with E-state index in [0.717, 1.165) is 16.7 Å². The number of aryl methyl sites for hydroxylation is 1. The lowest BCUT2D eigenvalue weighted by atomic mass is 10.1. The minimum absolute atomic E-state index is 0.213. The molecule has 0 aliphatic carbocycles. The molecule has 0 amide bonds. The van der Waals surface area contributed by atoms with Crippen molar-refractivity contribution in [1.29, 1.82) is 0 Å². The van der Waals surface area contributed by atoms with E-state index in [1.807, 2.05) is 38.1 Å². The summed E-state index contributed by atoms with van der Waals surface area (Å²) in [6.45, 7) is 12.1. The molecule has 0 N–H and O–H groups in total. The zero-order chi connectivity index (χ0) is 30.1. The Morgan fingerprint density at radius 1 is 0.762 bits per heavy atom. The largest absolute Gasteiger partial charge is 0.295 e. The predicted molar refractivity (Wildman–Crippen MR) is 161 cm³/mol. The van der Waals surface area contributed by atoms with Crippen molar-refractivity contribution >= 4 is 36.5 Å². The number of aromatic nitrogens is 5. The molecular formula is C29H29N11O2. The molecule has 0 radical (unpaired) electrons. The van der Waals surface area contributed by atoms with Crippen molar-refractivity contribution < 1.29 is 0 Å². The quantitative estimate of drug-likeness (QED) is 0.322. The summed E-state index contributed by atoms with van der Waals surface area (Å²) in [5.74, 6) is 1.87. The van der Waals surface area contributed by atoms with Crippen LogP contribution in [0.15, 0.2) is 78.6 Å². The van der Waals surface area contributed by atoms with Gasteiger partial charge in [0.1, 0.15) is 11.0 Å². The third kappa shape index (κ3) is 5.03. The molecule has 5 heterocycles. The molecule has 0 saturated carbocycles. The third-order valence-electron chi connectivity index (χ3n) is 6.75. The Bertz CT molecular complexity index is 2120. The van der Waals surface area contributed by atoms with Crippen LogP contribution in [0.2, 0.25) is 0 Å². The monoisotopic (exact) mass is 563 g/mol. The minimum atomic E-state index is -0.242. The van der Waals surface area contributed by atoms with Crippen LogP contribution in [0.1, 0.15) is 23.6 Å². The normalized spacial score (nSPS) is 13.5. The van der Waals surface area contributed by atoms with Crippen LogP contribution in [0.4, 0.5) is 11.6 Å². The molecule has 4 aromatic rings. The van der Waals surface area contributed by atoms with Crippen LogP contribution in [-0.4, -0.2) is 49.3 Å². The molecule has 2 aliphatic rings. The fourth-order valence-corrected chi connectivity index (χ4v) is 4.23. The van der Waals surface area contributed by atoms with E-state index in [1.54, 1.807) is 50.7 Å². The Balaban J connectivity index is 0.000000169. The summed E-state index contributed by atoms with van der Waals surface area (Å²) in [7, 11) is 4.98. The van der Waals surface area contributed by atoms with Crippen LogP contribution in [0.5, 0.6) is 0 Å². The highest BCUT2D eigenvalue weighted by atomic mass is 16.1. The lowest BCUT2D eigenvalue weighted by Crippen LogP contribution is -2.48. The number of anilines is 2. The first-order chi connectivity index (χ1) is 20.1. The number of pyridine rings is 1. The molecule has 0 bridgehead atoms. The van der Waals surface area contributed by atoms with Gasteiger partial charge in [-0.3, -0.25) is 23.7 Å². The number of rotatable bonds is 3. The van der Waals surface area contributed by atoms with Crippen molar-refractivity contribution in [3.8, 4) is 0 Å². The van der Waals surface area contributed by atoms with E-state index in [-0.39, 0.29) is 16.5 Å². The maximum atomic E-state index is 12.5. The Morgan fingerprint density at radius 3 is 1.95 bits per heavy atom. The lowest BCUT2D eigenvalue weighted by Gasteiger charge is -2.21. The van der Waals surface area contributed by atoms with Gasteiger partial charge in [-0.05, 0) is 31.5 Å². The Morgan fingerprint density at radius 2 is 1.33 bits per heavy atom. The van der Waals surface area contributed by atoms with Gasteiger partial charge < -0.3 is 0 Å². The second kappa shape index (κ2) is 11.1. The maximum Gasteiger partial charge on any atom is 0.281 e. The SMILES string of the molecule is C=c1nc2c(c(=O)n1C)=NC(c1ccccc1C)=NN2CC.C=c1nc2c(c(=O)n1C)=NC(c1ccncc1)=NN2C. The van der Waals surface area contributed by atoms with E-state index in [0.29, 0.717) is 46.2 Å². The molecule has 42 heavy (non-hydrogen) atoms. The fraction of sp³-hybridized carbons (Fsp3) is 0.207. The van der Waals surface area contributed by atoms with Gasteiger partial charge in [-0.2, -0.15) is 10.2 Å². The van der Waals surface area contributed by atoms with Gasteiger partial charge in [0.25, 0.3) is 11.1 Å². The summed E-state index contributed by atoms with van der Waals surface area (Å²) in [4.78, 5) is 46.1. The van der Waals surface area contributed by atoms with Crippen molar-refractivity contribution in [3.05, 3.63) is 108 Å². The van der Waals surface area contributed by atoms with Gasteiger partial charge in [-0.1, -0.05) is 37.4 Å². The van der Waals surface area contributed by atoms with Crippen molar-refractivity contribution in [2.75, 3.05) is 23.6 Å². The van der Waals surface area contributed by atoms with Crippen LogP contribution in [0, 0.1) is 6.92 Å². The van der Waals surface area contributed by atoms with Crippen molar-refractivity contribution in [3.63, 3.8) is 0 Å². The number of hydrazone groups is 2. The Hall–Kier alpha value is -5.59. The molecule has 0 atom stereocenters. The molecule has 13 heteroatoms. The number of hydrogen-bond donors (Lipinski definition) is 0. The van der Waals surface area contributed by atoms with Gasteiger partial charge in [-0.15, -0.1) is 0 Å². The van der Waals surface area contributed by atoms with E-state index in [9.17, 15) is 9.59 Å². The highest BCUT2D eigenvalue weighted by molar-refractivity contribution is 6.02. The summed E-state index contributed by atoms with van der Waals surface area (Å²) in [6.07, 6.45) is 3.30. The molecule has 0 fully saturated rings. The Kier molecular flexibility index (Phi) is 7.40. The summed E-state index contributed by atoms with van der Waals surface area (Å²) in [5, 5.41) is 12.7.